The molecule has 0 amide bonds. The largest absolute Gasteiger partial charge is 0.414 e. The predicted molar refractivity (Wildman–Crippen MR) is 145 cm³/mol. The molecule has 1 aliphatic heterocycles. The minimum Gasteiger partial charge on any atom is -0.414 e. The summed E-state index contributed by atoms with van der Waals surface area (Å²) in [5, 5.41) is 33.6. The summed E-state index contributed by atoms with van der Waals surface area (Å²) in [4.78, 5) is 0.937. The van der Waals surface area contributed by atoms with Gasteiger partial charge >= 0.3 is 0 Å². The third kappa shape index (κ3) is 5.97. The van der Waals surface area contributed by atoms with E-state index in [0.717, 1.165) is 16.0 Å². The Morgan fingerprint density at radius 2 is 1.61 bits per heavy atom. The summed E-state index contributed by atoms with van der Waals surface area (Å²) < 4.78 is 18.9. The van der Waals surface area contributed by atoms with Crippen LogP contribution < -0.4 is 0 Å². The minimum absolute atomic E-state index is 0.00458. The van der Waals surface area contributed by atoms with Crippen molar-refractivity contribution in [1.29, 1.82) is 0 Å². The van der Waals surface area contributed by atoms with E-state index < -0.39 is 50.4 Å². The van der Waals surface area contributed by atoms with Crippen LogP contribution in [0.1, 0.15) is 38.0 Å². The van der Waals surface area contributed by atoms with Gasteiger partial charge in [-0.1, -0.05) is 87.1 Å². The number of hydrogen-bond acceptors (Lipinski definition) is 7. The number of rotatable bonds is 7. The number of thioether (sulfide) groups is 1. The van der Waals surface area contributed by atoms with Crippen LogP contribution in [0, 0.1) is 0 Å². The molecule has 2 aromatic carbocycles. The molecule has 1 fully saturated rings. The van der Waals surface area contributed by atoms with Crippen LogP contribution in [-0.4, -0.2) is 66.2 Å². The fourth-order valence-electron chi connectivity index (χ4n) is 4.15. The number of benzene rings is 2. The highest BCUT2D eigenvalue weighted by Gasteiger charge is 2.48. The Morgan fingerprint density at radius 3 is 2.31 bits per heavy atom. The Kier molecular flexibility index (Phi) is 8.48. The first-order valence-corrected chi connectivity index (χ1v) is 16.2. The summed E-state index contributed by atoms with van der Waals surface area (Å²) >= 11 is 1.38. The van der Waals surface area contributed by atoms with E-state index in [4.69, 9.17) is 13.9 Å². The lowest BCUT2D eigenvalue weighted by Crippen LogP contribution is -2.60. The zero-order chi connectivity index (χ0) is 26.1. The van der Waals surface area contributed by atoms with E-state index in [-0.39, 0.29) is 11.6 Å². The zero-order valence-electron chi connectivity index (χ0n) is 21.6. The van der Waals surface area contributed by atoms with Crippen LogP contribution in [0.25, 0.3) is 6.08 Å². The van der Waals surface area contributed by atoms with E-state index in [9.17, 15) is 15.3 Å². The van der Waals surface area contributed by atoms with Gasteiger partial charge in [0.25, 0.3) is 0 Å². The Morgan fingerprint density at radius 1 is 0.944 bits per heavy atom. The van der Waals surface area contributed by atoms with Crippen LogP contribution >= 0.6 is 11.8 Å². The molecule has 8 heteroatoms. The van der Waals surface area contributed by atoms with Crippen molar-refractivity contribution >= 4 is 26.2 Å². The van der Waals surface area contributed by atoms with Gasteiger partial charge in [0.1, 0.15) is 42.1 Å². The Bertz CT molecular complexity index is 1040. The van der Waals surface area contributed by atoms with Crippen molar-refractivity contribution in [3.05, 3.63) is 71.8 Å². The van der Waals surface area contributed by atoms with Gasteiger partial charge in [-0.05, 0) is 41.4 Å². The van der Waals surface area contributed by atoms with Gasteiger partial charge in [0.05, 0.1) is 6.61 Å². The standard InChI is InChI=1S/C28H38O6SSi/c1-28(2,3)36(4,5)32-17-22-24(30)26(25(31)27(34-22)35-19-12-7-6-8-13-19)33-21-16-15-18-11-9-10-14-20(18)23(21)29/h6-16,21-27,29-31H,17H2,1-5H3/t21-,22-,23-,24-,25+,26+,27+/m1/s1. The molecule has 0 spiro atoms. The first-order valence-electron chi connectivity index (χ1n) is 12.5. The lowest BCUT2D eigenvalue weighted by atomic mass is 9.92. The molecule has 1 saturated heterocycles. The van der Waals surface area contributed by atoms with Gasteiger partial charge in [0.15, 0.2) is 8.32 Å². The van der Waals surface area contributed by atoms with Crippen molar-refractivity contribution in [1.82, 2.24) is 0 Å². The highest BCUT2D eigenvalue weighted by Crippen LogP contribution is 2.40. The monoisotopic (exact) mass is 530 g/mol. The van der Waals surface area contributed by atoms with Crippen molar-refractivity contribution in [2.24, 2.45) is 0 Å². The quantitative estimate of drug-likeness (QED) is 0.445. The average Bonchev–Trinajstić information content (AvgIpc) is 2.84. The second kappa shape index (κ2) is 11.1. The van der Waals surface area contributed by atoms with Gasteiger partial charge in [0.2, 0.25) is 0 Å². The van der Waals surface area contributed by atoms with Gasteiger partial charge < -0.3 is 29.2 Å². The molecule has 2 aromatic rings. The number of aliphatic hydroxyl groups excluding tert-OH is 3. The molecular weight excluding hydrogens is 492 g/mol. The number of aliphatic hydroxyl groups is 3. The van der Waals surface area contributed by atoms with Gasteiger partial charge in [-0.15, -0.1) is 0 Å². The summed E-state index contributed by atoms with van der Waals surface area (Å²) in [5.74, 6) is 0. The highest BCUT2D eigenvalue weighted by molar-refractivity contribution is 7.99. The third-order valence-electron chi connectivity index (χ3n) is 7.46. The number of ether oxygens (including phenoxy) is 2. The molecule has 6 nitrogen and oxygen atoms in total. The van der Waals surface area contributed by atoms with Gasteiger partial charge in [-0.2, -0.15) is 0 Å². The molecule has 1 heterocycles. The summed E-state index contributed by atoms with van der Waals surface area (Å²) in [6.07, 6.45) is -1.84. The average molecular weight is 531 g/mol. The SMILES string of the molecule is CC(C)(C)[Si](C)(C)OC[C@H]1O[C@@H](Sc2ccccc2)[C@@H](O)[C@@H](O[C@@H]2C=Cc3ccccc3[C@H]2O)[C@@H]1O. The van der Waals surface area contributed by atoms with Crippen LogP contribution in [0.15, 0.2) is 65.6 Å². The maximum Gasteiger partial charge on any atom is 0.192 e. The van der Waals surface area contributed by atoms with Crippen molar-refractivity contribution in [2.45, 2.75) is 85.9 Å². The molecule has 0 aromatic heterocycles. The molecule has 36 heavy (non-hydrogen) atoms. The fourth-order valence-corrected chi connectivity index (χ4v) is 6.24. The van der Waals surface area contributed by atoms with E-state index in [1.807, 2.05) is 60.7 Å². The number of fused-ring (bicyclic) bond motifs is 1. The van der Waals surface area contributed by atoms with Crippen LogP contribution in [0.4, 0.5) is 0 Å². The molecule has 4 rings (SSSR count). The van der Waals surface area contributed by atoms with Gasteiger partial charge in [0, 0.05) is 4.90 Å². The van der Waals surface area contributed by atoms with Gasteiger partial charge in [-0.3, -0.25) is 0 Å². The Balaban J connectivity index is 1.55. The first-order chi connectivity index (χ1) is 17.0. The number of hydrogen-bond donors (Lipinski definition) is 3. The Hall–Kier alpha value is -1.49. The molecule has 0 radical (unpaired) electrons. The smallest absolute Gasteiger partial charge is 0.192 e. The Labute approximate surface area is 219 Å². The van der Waals surface area contributed by atoms with Crippen molar-refractivity contribution in [2.75, 3.05) is 6.61 Å². The molecule has 2 aliphatic rings. The zero-order valence-corrected chi connectivity index (χ0v) is 23.4. The maximum atomic E-state index is 11.3. The van der Waals surface area contributed by atoms with Crippen LogP contribution in [-0.2, 0) is 13.9 Å². The fraction of sp³-hybridized carbons (Fsp3) is 0.500. The molecule has 1 aliphatic carbocycles. The van der Waals surface area contributed by atoms with Crippen LogP contribution in [0.5, 0.6) is 0 Å². The van der Waals surface area contributed by atoms with E-state index in [1.165, 1.54) is 11.8 Å². The van der Waals surface area contributed by atoms with E-state index in [2.05, 4.69) is 33.9 Å². The summed E-state index contributed by atoms with van der Waals surface area (Å²) in [6, 6.07) is 17.3. The van der Waals surface area contributed by atoms with E-state index in [1.54, 1.807) is 6.08 Å². The summed E-state index contributed by atoms with van der Waals surface area (Å²) in [7, 11) is -2.10. The molecule has 196 valence electrons. The van der Waals surface area contributed by atoms with Crippen LogP contribution in [0.3, 0.4) is 0 Å². The topological polar surface area (TPSA) is 88.4 Å². The second-order valence-electron chi connectivity index (χ2n) is 11.0. The van der Waals surface area contributed by atoms with E-state index >= 15 is 0 Å². The van der Waals surface area contributed by atoms with Crippen molar-refractivity contribution in [3.8, 4) is 0 Å². The van der Waals surface area contributed by atoms with Crippen LogP contribution in [0.2, 0.25) is 18.1 Å². The lowest BCUT2D eigenvalue weighted by molar-refractivity contribution is -0.233. The molecule has 0 unspecified atom stereocenters. The lowest BCUT2D eigenvalue weighted by Gasteiger charge is -2.45. The van der Waals surface area contributed by atoms with Crippen molar-refractivity contribution in [3.63, 3.8) is 0 Å². The minimum atomic E-state index is -2.10. The molecule has 0 bridgehead atoms. The summed E-state index contributed by atoms with van der Waals surface area (Å²) in [6.45, 7) is 11.0. The maximum absolute atomic E-state index is 11.3. The molecular formula is C28H38O6SSi. The third-order valence-corrected chi connectivity index (χ3v) is 13.1. The first kappa shape index (κ1) is 27.5. The highest BCUT2D eigenvalue weighted by atomic mass is 32.2. The second-order valence-corrected chi connectivity index (χ2v) is 17.0. The normalized spacial score (nSPS) is 30.7. The van der Waals surface area contributed by atoms with Gasteiger partial charge in [-0.25, -0.2) is 0 Å². The van der Waals surface area contributed by atoms with Crippen molar-refractivity contribution < 1.29 is 29.2 Å². The van der Waals surface area contributed by atoms with E-state index in [0.29, 0.717) is 0 Å². The molecule has 0 saturated carbocycles. The predicted octanol–water partition coefficient (Wildman–Crippen LogP) is 4.76. The molecule has 7 atom stereocenters. The summed E-state index contributed by atoms with van der Waals surface area (Å²) in [5.41, 5.74) is 1.01. The molecule has 3 N–H and O–H groups in total.